The number of benzene rings is 1. The first-order valence-electron chi connectivity index (χ1n) is 6.86. The summed E-state index contributed by atoms with van der Waals surface area (Å²) < 4.78 is 5.67. The van der Waals surface area contributed by atoms with Gasteiger partial charge in [-0.25, -0.2) is 0 Å². The van der Waals surface area contributed by atoms with E-state index >= 15 is 0 Å². The maximum Gasteiger partial charge on any atom is 0.119 e. The minimum absolute atomic E-state index is 0.255. The molecule has 0 heterocycles. The maximum absolute atomic E-state index is 9.94. The molecule has 1 aromatic carbocycles. The van der Waals surface area contributed by atoms with Crippen molar-refractivity contribution in [2.24, 2.45) is 0 Å². The van der Waals surface area contributed by atoms with Gasteiger partial charge < -0.3 is 14.9 Å². The molecule has 0 saturated carbocycles. The highest BCUT2D eigenvalue weighted by Crippen LogP contribution is 2.32. The molecule has 0 saturated heterocycles. The Balaban J connectivity index is 1.88. The number of unbranched alkanes of at least 4 members (excludes halogenated alkanes) is 2. The van der Waals surface area contributed by atoms with E-state index < -0.39 is 0 Å². The zero-order chi connectivity index (χ0) is 12.8. The number of aliphatic hydroxyl groups is 2. The Bertz CT molecular complexity index is 376. The number of hydrogen-bond acceptors (Lipinski definition) is 3. The smallest absolute Gasteiger partial charge is 0.119 e. The Labute approximate surface area is 108 Å². The van der Waals surface area contributed by atoms with Gasteiger partial charge in [-0.2, -0.15) is 0 Å². The number of fused-ring (bicyclic) bond motifs is 1. The second-order valence-electron chi connectivity index (χ2n) is 4.90. The van der Waals surface area contributed by atoms with Gasteiger partial charge in [-0.3, -0.25) is 0 Å². The topological polar surface area (TPSA) is 49.7 Å². The highest BCUT2D eigenvalue weighted by molar-refractivity contribution is 5.38. The predicted molar refractivity (Wildman–Crippen MR) is 70.8 cm³/mol. The van der Waals surface area contributed by atoms with Crippen LogP contribution >= 0.6 is 0 Å². The quantitative estimate of drug-likeness (QED) is 0.763. The largest absolute Gasteiger partial charge is 0.494 e. The fourth-order valence-corrected chi connectivity index (χ4v) is 2.42. The summed E-state index contributed by atoms with van der Waals surface area (Å²) in [6.07, 6.45) is 5.44. The van der Waals surface area contributed by atoms with Crippen LogP contribution in [0.2, 0.25) is 0 Å². The molecule has 2 rings (SSSR count). The second kappa shape index (κ2) is 6.76. The molecule has 1 aliphatic carbocycles. The van der Waals surface area contributed by atoms with E-state index in [-0.39, 0.29) is 12.7 Å². The number of aliphatic hydroxyl groups excluding tert-OH is 2. The normalized spacial score (nSPS) is 18.4. The Morgan fingerprint density at radius 3 is 2.94 bits per heavy atom. The first-order valence-corrected chi connectivity index (χ1v) is 6.86. The molecule has 3 heteroatoms. The van der Waals surface area contributed by atoms with E-state index in [9.17, 15) is 5.11 Å². The molecule has 0 radical (unpaired) electrons. The van der Waals surface area contributed by atoms with Crippen LogP contribution in [-0.4, -0.2) is 23.4 Å². The number of hydrogen-bond donors (Lipinski definition) is 2. The van der Waals surface area contributed by atoms with Crippen LogP contribution in [-0.2, 0) is 6.42 Å². The van der Waals surface area contributed by atoms with E-state index in [1.807, 2.05) is 12.1 Å². The molecule has 0 aliphatic heterocycles. The van der Waals surface area contributed by atoms with Crippen LogP contribution in [0.25, 0.3) is 0 Å². The van der Waals surface area contributed by atoms with Crippen molar-refractivity contribution in [2.75, 3.05) is 13.2 Å². The minimum Gasteiger partial charge on any atom is -0.494 e. The Kier molecular flexibility index (Phi) is 5.02. The third-order valence-corrected chi connectivity index (χ3v) is 3.47. The molecule has 0 aromatic heterocycles. The molecule has 3 nitrogen and oxygen atoms in total. The van der Waals surface area contributed by atoms with Crippen molar-refractivity contribution in [3.05, 3.63) is 29.3 Å². The fraction of sp³-hybridized carbons (Fsp3) is 0.600. The Morgan fingerprint density at radius 2 is 2.11 bits per heavy atom. The van der Waals surface area contributed by atoms with E-state index in [0.717, 1.165) is 49.8 Å². The molecular formula is C15H22O3. The molecule has 0 unspecified atom stereocenters. The Hall–Kier alpha value is -1.06. The molecule has 0 fully saturated rings. The van der Waals surface area contributed by atoms with Crippen molar-refractivity contribution in [2.45, 2.75) is 44.6 Å². The Morgan fingerprint density at radius 1 is 1.22 bits per heavy atom. The van der Waals surface area contributed by atoms with Crippen LogP contribution in [0.5, 0.6) is 5.75 Å². The predicted octanol–water partition coefficient (Wildman–Crippen LogP) is 2.60. The third kappa shape index (κ3) is 3.47. The first kappa shape index (κ1) is 13.4. The summed E-state index contributed by atoms with van der Waals surface area (Å²) in [5.41, 5.74) is 2.29. The molecule has 1 aromatic rings. The highest BCUT2D eigenvalue weighted by atomic mass is 16.5. The van der Waals surface area contributed by atoms with Gasteiger partial charge >= 0.3 is 0 Å². The van der Waals surface area contributed by atoms with Crippen LogP contribution in [0.3, 0.4) is 0 Å². The molecule has 0 bridgehead atoms. The summed E-state index contributed by atoms with van der Waals surface area (Å²) in [4.78, 5) is 0. The fourth-order valence-electron chi connectivity index (χ4n) is 2.42. The molecule has 1 aliphatic rings. The summed E-state index contributed by atoms with van der Waals surface area (Å²) >= 11 is 0. The lowest BCUT2D eigenvalue weighted by Gasteiger charge is -2.22. The summed E-state index contributed by atoms with van der Waals surface area (Å²) in [5, 5.41) is 18.6. The molecule has 100 valence electrons. The zero-order valence-corrected chi connectivity index (χ0v) is 10.8. The standard InChI is InChI=1S/C15H22O3/c16-9-2-1-3-10-18-13-8-7-12-5-4-6-15(17)14(12)11-13/h7-8,11,15-17H,1-6,9-10H2/t15-/m0/s1. The van der Waals surface area contributed by atoms with E-state index in [2.05, 4.69) is 6.07 Å². The van der Waals surface area contributed by atoms with E-state index in [4.69, 9.17) is 9.84 Å². The lowest BCUT2D eigenvalue weighted by Crippen LogP contribution is -2.09. The van der Waals surface area contributed by atoms with Gasteiger partial charge in [0.2, 0.25) is 0 Å². The first-order chi connectivity index (χ1) is 8.81. The second-order valence-corrected chi connectivity index (χ2v) is 4.90. The van der Waals surface area contributed by atoms with E-state index in [1.54, 1.807) is 0 Å². The maximum atomic E-state index is 9.94. The summed E-state index contributed by atoms with van der Waals surface area (Å²) in [6, 6.07) is 6.04. The van der Waals surface area contributed by atoms with Crippen LogP contribution in [0.4, 0.5) is 0 Å². The monoisotopic (exact) mass is 250 g/mol. The van der Waals surface area contributed by atoms with Gasteiger partial charge in [-0.15, -0.1) is 0 Å². The van der Waals surface area contributed by atoms with Gasteiger partial charge in [-0.1, -0.05) is 6.07 Å². The average molecular weight is 250 g/mol. The van der Waals surface area contributed by atoms with Gasteiger partial charge in [0.15, 0.2) is 0 Å². The molecular weight excluding hydrogens is 228 g/mol. The van der Waals surface area contributed by atoms with Crippen molar-refractivity contribution < 1.29 is 14.9 Å². The lowest BCUT2D eigenvalue weighted by atomic mass is 9.89. The molecule has 0 amide bonds. The van der Waals surface area contributed by atoms with Crippen LogP contribution in [0.15, 0.2) is 18.2 Å². The van der Waals surface area contributed by atoms with Crippen molar-refractivity contribution in [1.29, 1.82) is 0 Å². The van der Waals surface area contributed by atoms with Crippen LogP contribution in [0, 0.1) is 0 Å². The summed E-state index contributed by atoms with van der Waals surface area (Å²) in [7, 11) is 0. The molecule has 0 spiro atoms. The third-order valence-electron chi connectivity index (χ3n) is 3.47. The number of ether oxygens (including phenoxy) is 1. The van der Waals surface area contributed by atoms with Crippen LogP contribution in [0.1, 0.15) is 49.3 Å². The van der Waals surface area contributed by atoms with E-state index in [1.165, 1.54) is 5.56 Å². The van der Waals surface area contributed by atoms with Crippen LogP contribution < -0.4 is 4.74 Å². The average Bonchev–Trinajstić information content (AvgIpc) is 2.39. The minimum atomic E-state index is -0.327. The number of rotatable bonds is 6. The van der Waals surface area contributed by atoms with Crippen molar-refractivity contribution in [3.63, 3.8) is 0 Å². The molecule has 2 N–H and O–H groups in total. The summed E-state index contributed by atoms with van der Waals surface area (Å²) in [6.45, 7) is 0.930. The zero-order valence-electron chi connectivity index (χ0n) is 10.8. The van der Waals surface area contributed by atoms with Gasteiger partial charge in [0.05, 0.1) is 12.7 Å². The van der Waals surface area contributed by atoms with Crippen molar-refractivity contribution >= 4 is 0 Å². The number of aryl methyl sites for hydroxylation is 1. The SMILES string of the molecule is OCCCCCOc1ccc2c(c1)[C@@H](O)CCC2. The lowest BCUT2D eigenvalue weighted by molar-refractivity contribution is 0.156. The molecule has 1 atom stereocenters. The van der Waals surface area contributed by atoms with Crippen molar-refractivity contribution in [1.82, 2.24) is 0 Å². The van der Waals surface area contributed by atoms with Crippen molar-refractivity contribution in [3.8, 4) is 5.75 Å². The van der Waals surface area contributed by atoms with E-state index in [0.29, 0.717) is 6.61 Å². The van der Waals surface area contributed by atoms with Gasteiger partial charge in [0.25, 0.3) is 0 Å². The summed E-state index contributed by atoms with van der Waals surface area (Å²) in [5.74, 6) is 0.846. The van der Waals surface area contributed by atoms with Gasteiger partial charge in [-0.05, 0) is 61.8 Å². The highest BCUT2D eigenvalue weighted by Gasteiger charge is 2.18. The van der Waals surface area contributed by atoms with Gasteiger partial charge in [0.1, 0.15) is 5.75 Å². The molecule has 18 heavy (non-hydrogen) atoms. The van der Waals surface area contributed by atoms with Gasteiger partial charge in [0, 0.05) is 6.61 Å².